The van der Waals surface area contributed by atoms with Crippen molar-refractivity contribution >= 4 is 23.2 Å². The third-order valence-corrected chi connectivity index (χ3v) is 6.17. The van der Waals surface area contributed by atoms with E-state index in [-0.39, 0.29) is 11.4 Å². The normalized spacial score (nSPS) is 17.6. The second kappa shape index (κ2) is 8.52. The Hall–Kier alpha value is -3.80. The number of amides is 1. The van der Waals surface area contributed by atoms with Crippen LogP contribution < -0.4 is 10.6 Å². The van der Waals surface area contributed by atoms with E-state index in [1.165, 1.54) is 0 Å². The molecule has 0 aliphatic carbocycles. The number of aromatic nitrogens is 4. The van der Waals surface area contributed by atoms with Gasteiger partial charge in [-0.1, -0.05) is 23.7 Å². The highest BCUT2D eigenvalue weighted by molar-refractivity contribution is 6.29. The van der Waals surface area contributed by atoms with Crippen molar-refractivity contribution in [3.63, 3.8) is 0 Å². The number of benzene rings is 1. The summed E-state index contributed by atoms with van der Waals surface area (Å²) in [4.78, 5) is 22.0. The summed E-state index contributed by atoms with van der Waals surface area (Å²) >= 11 is 6.28. The number of carbonyl (C=O) groups is 1. The molecule has 5 rings (SSSR count). The number of nitrogens with one attached hydrogen (secondary N) is 2. The smallest absolute Gasteiger partial charge is 0.270 e. The Morgan fingerprint density at radius 2 is 2.09 bits per heavy atom. The molecule has 0 saturated carbocycles. The zero-order valence-electron chi connectivity index (χ0n) is 18.8. The quantitative estimate of drug-likeness (QED) is 0.438. The molecule has 4 aromatic rings. The van der Waals surface area contributed by atoms with Gasteiger partial charge in [0.05, 0.1) is 22.7 Å². The lowest BCUT2D eigenvalue weighted by Gasteiger charge is -2.24. The molecule has 1 aromatic carbocycles. The van der Waals surface area contributed by atoms with Crippen molar-refractivity contribution in [3.05, 3.63) is 70.8 Å². The van der Waals surface area contributed by atoms with Crippen molar-refractivity contribution in [2.45, 2.75) is 25.8 Å². The fourth-order valence-corrected chi connectivity index (χ4v) is 4.54. The van der Waals surface area contributed by atoms with Gasteiger partial charge >= 0.3 is 0 Å². The molecule has 0 spiro atoms. The van der Waals surface area contributed by atoms with Crippen LogP contribution in [0.4, 0.5) is 0 Å². The average molecular weight is 472 g/mol. The molecule has 1 fully saturated rings. The van der Waals surface area contributed by atoms with Gasteiger partial charge in [0.1, 0.15) is 16.5 Å². The topological polar surface area (TPSA) is 108 Å². The second-order valence-electron chi connectivity index (χ2n) is 8.76. The van der Waals surface area contributed by atoms with Crippen LogP contribution in [-0.2, 0) is 0 Å². The minimum atomic E-state index is -0.313. The number of pyridine rings is 1. The van der Waals surface area contributed by atoms with Crippen molar-refractivity contribution in [2.75, 3.05) is 13.1 Å². The maximum Gasteiger partial charge on any atom is 0.270 e. The molecule has 0 radical (unpaired) electrons. The van der Waals surface area contributed by atoms with Gasteiger partial charge in [0.25, 0.3) is 5.91 Å². The van der Waals surface area contributed by atoms with Crippen molar-refractivity contribution in [3.8, 4) is 28.5 Å². The molecule has 8 nitrogen and oxygen atoms in total. The first-order chi connectivity index (χ1) is 16.3. The summed E-state index contributed by atoms with van der Waals surface area (Å²) in [6, 6.07) is 14.7. The summed E-state index contributed by atoms with van der Waals surface area (Å²) in [5.74, 6) is -0.238. The first kappa shape index (κ1) is 22.0. The molecule has 3 aromatic heterocycles. The van der Waals surface area contributed by atoms with E-state index < -0.39 is 0 Å². The maximum absolute atomic E-state index is 13.1. The summed E-state index contributed by atoms with van der Waals surface area (Å²) in [7, 11) is 0. The molecule has 170 valence electrons. The lowest BCUT2D eigenvalue weighted by Crippen LogP contribution is -2.47. The molecule has 1 aliphatic heterocycles. The van der Waals surface area contributed by atoms with E-state index >= 15 is 0 Å². The van der Waals surface area contributed by atoms with E-state index in [2.05, 4.69) is 21.7 Å². The Morgan fingerprint density at radius 1 is 1.24 bits per heavy atom. The van der Waals surface area contributed by atoms with Gasteiger partial charge in [0.15, 0.2) is 5.65 Å². The van der Waals surface area contributed by atoms with E-state index in [1.807, 2.05) is 32.0 Å². The largest absolute Gasteiger partial charge is 0.344 e. The summed E-state index contributed by atoms with van der Waals surface area (Å²) in [5, 5.41) is 20.9. The van der Waals surface area contributed by atoms with E-state index in [9.17, 15) is 10.1 Å². The summed E-state index contributed by atoms with van der Waals surface area (Å²) in [6.45, 7) is 5.46. The van der Waals surface area contributed by atoms with Crippen molar-refractivity contribution in [1.82, 2.24) is 30.2 Å². The zero-order chi connectivity index (χ0) is 23.9. The van der Waals surface area contributed by atoms with Gasteiger partial charge in [0, 0.05) is 24.0 Å². The Kier molecular flexibility index (Phi) is 5.52. The Labute approximate surface area is 201 Å². The van der Waals surface area contributed by atoms with Crippen LogP contribution in [0.2, 0.25) is 5.15 Å². The van der Waals surface area contributed by atoms with Crippen molar-refractivity contribution < 1.29 is 4.79 Å². The number of rotatable bonds is 4. The van der Waals surface area contributed by atoms with E-state index in [1.54, 1.807) is 35.0 Å². The highest BCUT2D eigenvalue weighted by Crippen LogP contribution is 2.36. The molecule has 2 N–H and O–H groups in total. The summed E-state index contributed by atoms with van der Waals surface area (Å²) in [6.07, 6.45) is 2.58. The van der Waals surface area contributed by atoms with Crippen molar-refractivity contribution in [1.29, 1.82) is 5.26 Å². The molecular weight excluding hydrogens is 450 g/mol. The van der Waals surface area contributed by atoms with Gasteiger partial charge < -0.3 is 10.6 Å². The predicted molar refractivity (Wildman–Crippen MR) is 129 cm³/mol. The molecule has 1 unspecified atom stereocenters. The average Bonchev–Trinajstić information content (AvgIpc) is 3.41. The van der Waals surface area contributed by atoms with Crippen LogP contribution in [0.3, 0.4) is 0 Å². The van der Waals surface area contributed by atoms with Crippen molar-refractivity contribution in [2.24, 2.45) is 0 Å². The first-order valence-corrected chi connectivity index (χ1v) is 11.3. The minimum Gasteiger partial charge on any atom is -0.344 e. The number of nitriles is 1. The molecule has 1 atom stereocenters. The molecule has 1 saturated heterocycles. The Morgan fingerprint density at radius 3 is 2.82 bits per heavy atom. The molecule has 1 aliphatic rings. The number of aryl methyl sites for hydroxylation is 1. The first-order valence-electron chi connectivity index (χ1n) is 10.9. The monoisotopic (exact) mass is 471 g/mol. The Bertz CT molecular complexity index is 1440. The van der Waals surface area contributed by atoms with Gasteiger partial charge in [0.2, 0.25) is 0 Å². The minimum absolute atomic E-state index is 0.238. The molecule has 34 heavy (non-hydrogen) atoms. The maximum atomic E-state index is 13.1. The molecule has 4 heterocycles. The summed E-state index contributed by atoms with van der Waals surface area (Å²) < 4.78 is 1.64. The predicted octanol–water partition coefficient (Wildman–Crippen LogP) is 3.77. The van der Waals surface area contributed by atoms with Gasteiger partial charge in [-0.05, 0) is 62.7 Å². The van der Waals surface area contributed by atoms with Crippen LogP contribution in [0.25, 0.3) is 28.0 Å². The van der Waals surface area contributed by atoms with Crippen LogP contribution in [0, 0.1) is 18.3 Å². The number of hydrogen-bond donors (Lipinski definition) is 2. The summed E-state index contributed by atoms with van der Waals surface area (Å²) in [5.41, 5.74) is 4.67. The molecular formula is C25H22ClN7O. The molecule has 0 bridgehead atoms. The van der Waals surface area contributed by atoms with Crippen LogP contribution in [0.5, 0.6) is 0 Å². The van der Waals surface area contributed by atoms with Crippen LogP contribution in [0.1, 0.15) is 35.1 Å². The fraction of sp³-hybridized carbons (Fsp3) is 0.240. The third-order valence-electron chi connectivity index (χ3n) is 5.98. The highest BCUT2D eigenvalue weighted by Gasteiger charge is 2.31. The van der Waals surface area contributed by atoms with Gasteiger partial charge in [-0.3, -0.25) is 4.79 Å². The lowest BCUT2D eigenvalue weighted by atomic mass is 10.00. The van der Waals surface area contributed by atoms with Crippen LogP contribution >= 0.6 is 11.6 Å². The van der Waals surface area contributed by atoms with E-state index in [0.717, 1.165) is 29.8 Å². The van der Waals surface area contributed by atoms with Crippen LogP contribution in [-0.4, -0.2) is 44.1 Å². The Balaban J connectivity index is 1.69. The van der Waals surface area contributed by atoms with Crippen LogP contribution in [0.15, 0.2) is 48.7 Å². The highest BCUT2D eigenvalue weighted by atomic mass is 35.5. The second-order valence-corrected chi connectivity index (χ2v) is 9.15. The van der Waals surface area contributed by atoms with Gasteiger partial charge in [-0.25, -0.2) is 14.5 Å². The van der Waals surface area contributed by atoms with Gasteiger partial charge in [-0.2, -0.15) is 10.4 Å². The molecule has 1 amide bonds. The SMILES string of the molecule is Cc1cc(-c2c(-c3cccc(C#N)c3)nn3ccc(C(=O)NC4(C)CCNC4)nc23)cc(Cl)n1. The van der Waals surface area contributed by atoms with E-state index in [4.69, 9.17) is 21.7 Å². The number of fused-ring (bicyclic) bond motifs is 1. The molecule has 9 heteroatoms. The third kappa shape index (κ3) is 4.12. The number of nitrogens with zero attached hydrogens (tertiary/aromatic N) is 5. The fourth-order valence-electron chi connectivity index (χ4n) is 4.29. The lowest BCUT2D eigenvalue weighted by molar-refractivity contribution is 0.0908. The van der Waals surface area contributed by atoms with Gasteiger partial charge in [-0.15, -0.1) is 0 Å². The number of carbonyl (C=O) groups excluding carboxylic acids is 1. The number of hydrogen-bond acceptors (Lipinski definition) is 6. The zero-order valence-corrected chi connectivity index (χ0v) is 19.5. The number of halogens is 1. The standard InChI is InChI=1S/C25H22ClN7O/c1-15-10-18(12-20(26)29-15)21-22(17-5-3-4-16(11-17)13-27)32-33-9-6-19(30-23(21)33)24(34)31-25(2)7-8-28-14-25/h3-6,9-12,28H,7-8,14H2,1-2H3,(H,31,34). The van der Waals surface area contributed by atoms with E-state index in [0.29, 0.717) is 39.9 Å².